The van der Waals surface area contributed by atoms with Crippen molar-refractivity contribution in [2.45, 2.75) is 52.0 Å². The summed E-state index contributed by atoms with van der Waals surface area (Å²) in [5.74, 6) is -0.925. The summed E-state index contributed by atoms with van der Waals surface area (Å²) in [5.41, 5.74) is 0. The first-order valence-corrected chi connectivity index (χ1v) is 7.28. The first-order chi connectivity index (χ1) is 9.04. The number of nitrogens with one attached hydrogen (secondary N) is 1. The Labute approximate surface area is 115 Å². The van der Waals surface area contributed by atoms with Crippen LogP contribution < -0.4 is 5.32 Å². The van der Waals surface area contributed by atoms with Crippen LogP contribution in [0, 0.1) is 5.92 Å². The van der Waals surface area contributed by atoms with E-state index in [2.05, 4.69) is 19.2 Å². The topological polar surface area (TPSA) is 69.6 Å². The van der Waals surface area contributed by atoms with Gasteiger partial charge in [0.15, 0.2) is 0 Å². The van der Waals surface area contributed by atoms with E-state index in [1.54, 1.807) is 4.90 Å². The highest BCUT2D eigenvalue weighted by Crippen LogP contribution is 2.17. The third kappa shape index (κ3) is 5.59. The molecule has 0 radical (unpaired) electrons. The molecule has 0 bridgehead atoms. The molecule has 5 heteroatoms. The van der Waals surface area contributed by atoms with Gasteiger partial charge in [-0.15, -0.1) is 0 Å². The third-order valence-electron chi connectivity index (χ3n) is 3.79. The van der Waals surface area contributed by atoms with Crippen LogP contribution in [-0.4, -0.2) is 47.6 Å². The smallest absolute Gasteiger partial charge is 0.306 e. The maximum atomic E-state index is 12.0. The fraction of sp³-hybridized carbons (Fsp3) is 0.857. The molecule has 0 spiro atoms. The molecule has 2 N–H and O–H groups in total. The summed E-state index contributed by atoms with van der Waals surface area (Å²) in [6.07, 6.45) is 4.58. The van der Waals surface area contributed by atoms with Crippen molar-refractivity contribution in [1.29, 1.82) is 0 Å². The molecule has 1 amide bonds. The molecule has 19 heavy (non-hydrogen) atoms. The zero-order valence-corrected chi connectivity index (χ0v) is 12.0. The minimum Gasteiger partial charge on any atom is -0.481 e. The second kappa shape index (κ2) is 8.15. The highest BCUT2D eigenvalue weighted by Gasteiger charge is 2.26. The van der Waals surface area contributed by atoms with Gasteiger partial charge < -0.3 is 15.3 Å². The van der Waals surface area contributed by atoms with Crippen LogP contribution in [0.4, 0.5) is 0 Å². The standard InChI is InChI=1S/C14H26N2O3/c1-3-4-5-11(2)15-10-13(17)16-8-6-12(7-9-16)14(18)19/h11-12,15H,3-10H2,1-2H3,(H,18,19). The molecule has 0 aromatic rings. The fourth-order valence-corrected chi connectivity index (χ4v) is 2.36. The Balaban J connectivity index is 2.22. The lowest BCUT2D eigenvalue weighted by Gasteiger charge is -2.30. The molecule has 0 aromatic carbocycles. The van der Waals surface area contributed by atoms with E-state index >= 15 is 0 Å². The molecule has 1 aliphatic heterocycles. The van der Waals surface area contributed by atoms with Gasteiger partial charge in [-0.1, -0.05) is 19.8 Å². The number of carboxylic acid groups (broad SMARTS) is 1. The highest BCUT2D eigenvalue weighted by atomic mass is 16.4. The van der Waals surface area contributed by atoms with E-state index < -0.39 is 5.97 Å². The summed E-state index contributed by atoms with van der Waals surface area (Å²) in [6.45, 7) is 5.76. The monoisotopic (exact) mass is 270 g/mol. The van der Waals surface area contributed by atoms with Gasteiger partial charge in [0.25, 0.3) is 0 Å². The van der Waals surface area contributed by atoms with Gasteiger partial charge in [-0.3, -0.25) is 9.59 Å². The number of aliphatic carboxylic acids is 1. The quantitative estimate of drug-likeness (QED) is 0.735. The van der Waals surface area contributed by atoms with Crippen molar-refractivity contribution in [2.24, 2.45) is 5.92 Å². The molecule has 1 atom stereocenters. The number of carbonyl (C=O) groups is 2. The normalized spacial score (nSPS) is 18.3. The van der Waals surface area contributed by atoms with Crippen molar-refractivity contribution < 1.29 is 14.7 Å². The van der Waals surface area contributed by atoms with Gasteiger partial charge >= 0.3 is 5.97 Å². The van der Waals surface area contributed by atoms with Gasteiger partial charge in [-0.05, 0) is 26.2 Å². The Hall–Kier alpha value is -1.10. The molecule has 0 aliphatic carbocycles. The molecule has 110 valence electrons. The Bertz CT molecular complexity index is 299. The predicted molar refractivity (Wildman–Crippen MR) is 73.9 cm³/mol. The molecular formula is C14H26N2O3. The number of carbonyl (C=O) groups excluding carboxylic acids is 1. The average Bonchev–Trinajstić information content (AvgIpc) is 2.42. The Morgan fingerprint density at radius 1 is 1.37 bits per heavy atom. The Morgan fingerprint density at radius 2 is 2.00 bits per heavy atom. The van der Waals surface area contributed by atoms with E-state index in [0.717, 1.165) is 6.42 Å². The number of rotatable bonds is 7. The van der Waals surface area contributed by atoms with E-state index in [1.807, 2.05) is 0 Å². The van der Waals surface area contributed by atoms with Crippen molar-refractivity contribution in [2.75, 3.05) is 19.6 Å². The molecule has 5 nitrogen and oxygen atoms in total. The molecule has 0 saturated carbocycles. The molecule has 1 fully saturated rings. The van der Waals surface area contributed by atoms with Crippen molar-refractivity contribution >= 4 is 11.9 Å². The lowest BCUT2D eigenvalue weighted by molar-refractivity contribution is -0.145. The number of unbranched alkanes of at least 4 members (excludes halogenated alkanes) is 1. The number of piperidine rings is 1. The first kappa shape index (κ1) is 16.0. The second-order valence-corrected chi connectivity index (χ2v) is 5.42. The second-order valence-electron chi connectivity index (χ2n) is 5.42. The molecule has 1 saturated heterocycles. The van der Waals surface area contributed by atoms with E-state index in [1.165, 1.54) is 12.8 Å². The summed E-state index contributed by atoms with van der Waals surface area (Å²) in [6, 6.07) is 0.362. The zero-order chi connectivity index (χ0) is 14.3. The van der Waals surface area contributed by atoms with Crippen LogP contribution in [0.15, 0.2) is 0 Å². The predicted octanol–water partition coefficient (Wildman–Crippen LogP) is 1.48. The Kier molecular flexibility index (Phi) is 6.84. The van der Waals surface area contributed by atoms with E-state index in [4.69, 9.17) is 5.11 Å². The highest BCUT2D eigenvalue weighted by molar-refractivity contribution is 5.79. The minimum atomic E-state index is -0.738. The van der Waals surface area contributed by atoms with Crippen molar-refractivity contribution in [3.8, 4) is 0 Å². The first-order valence-electron chi connectivity index (χ1n) is 7.28. The van der Waals surface area contributed by atoms with Gasteiger partial charge in [-0.25, -0.2) is 0 Å². The van der Waals surface area contributed by atoms with Crippen LogP contribution >= 0.6 is 0 Å². The van der Waals surface area contributed by atoms with E-state index in [9.17, 15) is 9.59 Å². The maximum absolute atomic E-state index is 12.0. The molecule has 1 heterocycles. The Morgan fingerprint density at radius 3 is 2.53 bits per heavy atom. The molecule has 1 rings (SSSR count). The van der Waals surface area contributed by atoms with Gasteiger partial charge in [0.2, 0.25) is 5.91 Å². The largest absolute Gasteiger partial charge is 0.481 e. The summed E-state index contributed by atoms with van der Waals surface area (Å²) < 4.78 is 0. The average molecular weight is 270 g/mol. The molecule has 1 unspecified atom stereocenters. The number of hydrogen-bond donors (Lipinski definition) is 2. The lowest BCUT2D eigenvalue weighted by atomic mass is 9.97. The number of likely N-dealkylation sites (tertiary alicyclic amines) is 1. The van der Waals surface area contributed by atoms with Crippen LogP contribution in [0.1, 0.15) is 46.0 Å². The van der Waals surface area contributed by atoms with Crippen molar-refractivity contribution in [3.63, 3.8) is 0 Å². The van der Waals surface area contributed by atoms with Gasteiger partial charge in [0, 0.05) is 19.1 Å². The number of nitrogens with zero attached hydrogens (tertiary/aromatic N) is 1. The summed E-state index contributed by atoms with van der Waals surface area (Å²) >= 11 is 0. The summed E-state index contributed by atoms with van der Waals surface area (Å²) in [5, 5.41) is 12.1. The van der Waals surface area contributed by atoms with Gasteiger partial charge in [-0.2, -0.15) is 0 Å². The SMILES string of the molecule is CCCCC(C)NCC(=O)N1CCC(C(=O)O)CC1. The summed E-state index contributed by atoms with van der Waals surface area (Å²) in [4.78, 5) is 24.6. The van der Waals surface area contributed by atoms with Crippen LogP contribution in [0.5, 0.6) is 0 Å². The lowest BCUT2D eigenvalue weighted by Crippen LogP contribution is -2.45. The van der Waals surface area contributed by atoms with Crippen molar-refractivity contribution in [1.82, 2.24) is 10.2 Å². The van der Waals surface area contributed by atoms with Crippen LogP contribution in [-0.2, 0) is 9.59 Å². The minimum absolute atomic E-state index is 0.0900. The molecule has 0 aromatic heterocycles. The molecular weight excluding hydrogens is 244 g/mol. The van der Waals surface area contributed by atoms with E-state index in [-0.39, 0.29) is 11.8 Å². The van der Waals surface area contributed by atoms with Crippen LogP contribution in [0.3, 0.4) is 0 Å². The van der Waals surface area contributed by atoms with Crippen molar-refractivity contribution in [3.05, 3.63) is 0 Å². The maximum Gasteiger partial charge on any atom is 0.306 e. The fourth-order valence-electron chi connectivity index (χ4n) is 2.36. The number of hydrogen-bond acceptors (Lipinski definition) is 3. The van der Waals surface area contributed by atoms with Crippen LogP contribution in [0.25, 0.3) is 0 Å². The van der Waals surface area contributed by atoms with Gasteiger partial charge in [0.05, 0.1) is 12.5 Å². The van der Waals surface area contributed by atoms with Gasteiger partial charge in [0.1, 0.15) is 0 Å². The zero-order valence-electron chi connectivity index (χ0n) is 12.0. The third-order valence-corrected chi connectivity index (χ3v) is 3.79. The molecule has 1 aliphatic rings. The van der Waals surface area contributed by atoms with Crippen LogP contribution in [0.2, 0.25) is 0 Å². The van der Waals surface area contributed by atoms with E-state index in [0.29, 0.717) is 38.5 Å². The summed E-state index contributed by atoms with van der Waals surface area (Å²) in [7, 11) is 0. The number of amides is 1. The number of carboxylic acids is 1.